The molecule has 0 saturated heterocycles. The van der Waals surface area contributed by atoms with Crippen LogP contribution < -0.4 is 10.2 Å². The molecule has 2 aromatic carbocycles. The number of carboxylic acids is 2. The van der Waals surface area contributed by atoms with Gasteiger partial charge in [0.1, 0.15) is 0 Å². The summed E-state index contributed by atoms with van der Waals surface area (Å²) in [5.41, 5.74) is 5.88. The van der Waals surface area contributed by atoms with E-state index < -0.39 is 11.9 Å². The molecule has 2 rings (SSSR count). The largest absolute Gasteiger partial charge is 2.00 e. The maximum atomic E-state index is 10.6. The van der Waals surface area contributed by atoms with Crippen molar-refractivity contribution in [3.8, 4) is 0 Å². The number of carbonyl (C=O) groups excluding carboxylic acids is 2. The number of hydrogen-bond acceptors (Lipinski definition) is 4. The Labute approximate surface area is 169 Å². The van der Waals surface area contributed by atoms with Gasteiger partial charge in [-0.2, -0.15) is 0 Å². The predicted molar refractivity (Wildman–Crippen MR) is 90.0 cm³/mol. The summed E-state index contributed by atoms with van der Waals surface area (Å²) in [5.74, 6) is -2.19. The zero-order valence-electron chi connectivity index (χ0n) is 15.6. The van der Waals surface area contributed by atoms with E-state index in [1.807, 2.05) is 38.1 Å². The first-order chi connectivity index (χ1) is 11.0. The van der Waals surface area contributed by atoms with Crippen molar-refractivity contribution in [1.82, 2.24) is 0 Å². The van der Waals surface area contributed by atoms with Crippen molar-refractivity contribution in [3.63, 3.8) is 0 Å². The van der Waals surface area contributed by atoms with Crippen molar-refractivity contribution in [3.05, 3.63) is 68.8 Å². The van der Waals surface area contributed by atoms with Gasteiger partial charge in [0, 0.05) is 11.1 Å². The summed E-state index contributed by atoms with van der Waals surface area (Å²) in [5, 5.41) is 21.3. The van der Waals surface area contributed by atoms with E-state index in [0.717, 1.165) is 33.4 Å². The van der Waals surface area contributed by atoms with E-state index in [1.54, 1.807) is 27.7 Å². The minimum atomic E-state index is -1.09. The van der Waals surface area contributed by atoms with Crippen molar-refractivity contribution in [2.24, 2.45) is 0 Å². The Hall–Kier alpha value is -1.68. The van der Waals surface area contributed by atoms with Gasteiger partial charge in [-0.3, -0.25) is 0 Å². The van der Waals surface area contributed by atoms with E-state index in [-0.39, 0.29) is 27.7 Å². The minimum Gasteiger partial charge on any atom is -0.545 e. The number of carboxylic acid groups (broad SMARTS) is 2. The fraction of sp³-hybridized carbons (Fsp3) is 0.300. The fourth-order valence-corrected chi connectivity index (χ4v) is 3.00. The first kappa shape index (κ1) is 23.3. The number of carbonyl (C=O) groups is 2. The van der Waals surface area contributed by atoms with Crippen molar-refractivity contribution >= 4 is 11.9 Å². The standard InChI is InChI=1S/2C10H12O2.Hg/c2*1-6-4-7(2)9(10(11)12)8(3)5-6;/h2*4-5H,1-3H3,(H,11,12);/q;;+2/p-2. The van der Waals surface area contributed by atoms with Gasteiger partial charge in [0.15, 0.2) is 0 Å². The molecule has 4 nitrogen and oxygen atoms in total. The van der Waals surface area contributed by atoms with Gasteiger partial charge in [-0.05, 0) is 63.8 Å². The van der Waals surface area contributed by atoms with Gasteiger partial charge in [0.25, 0.3) is 0 Å². The summed E-state index contributed by atoms with van der Waals surface area (Å²) in [6.07, 6.45) is 0. The summed E-state index contributed by atoms with van der Waals surface area (Å²) >= 11 is 0. The van der Waals surface area contributed by atoms with E-state index in [0.29, 0.717) is 11.1 Å². The van der Waals surface area contributed by atoms with Crippen LogP contribution in [0.15, 0.2) is 24.3 Å². The Morgan fingerprint density at radius 1 is 0.600 bits per heavy atom. The summed E-state index contributed by atoms with van der Waals surface area (Å²) in [7, 11) is 0. The Kier molecular flexibility index (Phi) is 9.05. The molecule has 0 saturated carbocycles. The van der Waals surface area contributed by atoms with Gasteiger partial charge < -0.3 is 19.8 Å². The summed E-state index contributed by atoms with van der Waals surface area (Å²) in [6, 6.07) is 7.38. The molecule has 25 heavy (non-hydrogen) atoms. The number of benzene rings is 2. The van der Waals surface area contributed by atoms with E-state index in [9.17, 15) is 19.8 Å². The van der Waals surface area contributed by atoms with Crippen LogP contribution in [0.4, 0.5) is 0 Å². The Bertz CT molecular complexity index is 681. The molecule has 0 unspecified atom stereocenters. The molecule has 0 N–H and O–H groups in total. The minimum absolute atomic E-state index is 0. The molecule has 0 radical (unpaired) electrons. The average molecular weight is 527 g/mol. The molecule has 0 aliphatic carbocycles. The first-order valence-corrected chi connectivity index (χ1v) is 7.63. The Morgan fingerprint density at radius 2 is 0.800 bits per heavy atom. The molecule has 0 amide bonds. The summed E-state index contributed by atoms with van der Waals surface area (Å²) in [6.45, 7) is 11.0. The molecule has 0 fully saturated rings. The van der Waals surface area contributed by atoms with Gasteiger partial charge in [-0.25, -0.2) is 0 Å². The maximum Gasteiger partial charge on any atom is 2.00 e. The molecule has 2 aromatic rings. The number of rotatable bonds is 2. The van der Waals surface area contributed by atoms with Crippen LogP contribution in [-0.4, -0.2) is 11.9 Å². The summed E-state index contributed by atoms with van der Waals surface area (Å²) in [4.78, 5) is 21.3. The predicted octanol–water partition coefficient (Wildman–Crippen LogP) is 1.95. The zero-order valence-corrected chi connectivity index (χ0v) is 21.1. The molecule has 0 aliphatic rings. The third-order valence-corrected chi connectivity index (χ3v) is 3.76. The van der Waals surface area contributed by atoms with E-state index in [2.05, 4.69) is 0 Å². The number of aromatic carboxylic acids is 2. The van der Waals surface area contributed by atoms with E-state index in [1.165, 1.54) is 0 Å². The van der Waals surface area contributed by atoms with Crippen molar-refractivity contribution in [2.75, 3.05) is 0 Å². The molecule has 0 atom stereocenters. The fourth-order valence-electron chi connectivity index (χ4n) is 3.00. The van der Waals surface area contributed by atoms with Crippen molar-refractivity contribution in [1.29, 1.82) is 0 Å². The molecule has 5 heteroatoms. The van der Waals surface area contributed by atoms with Crippen LogP contribution in [0.1, 0.15) is 54.1 Å². The van der Waals surface area contributed by atoms with Gasteiger partial charge in [-0.1, -0.05) is 35.4 Å². The van der Waals surface area contributed by atoms with Crippen LogP contribution in [-0.2, 0) is 27.7 Å². The van der Waals surface area contributed by atoms with E-state index >= 15 is 0 Å². The van der Waals surface area contributed by atoms with Crippen LogP contribution >= 0.6 is 0 Å². The Balaban J connectivity index is 0.000000443. The van der Waals surface area contributed by atoms with Crippen molar-refractivity contribution < 1.29 is 47.5 Å². The van der Waals surface area contributed by atoms with Crippen LogP contribution in [0.25, 0.3) is 0 Å². The Morgan fingerprint density at radius 3 is 0.960 bits per heavy atom. The number of aryl methyl sites for hydroxylation is 6. The molecule has 0 spiro atoms. The molecule has 0 bridgehead atoms. The second kappa shape index (κ2) is 9.71. The van der Waals surface area contributed by atoms with Crippen LogP contribution in [0.3, 0.4) is 0 Å². The molecular formula is C20H22HgO4. The smallest absolute Gasteiger partial charge is 0.545 e. The quantitative estimate of drug-likeness (QED) is 0.560. The van der Waals surface area contributed by atoms with Crippen molar-refractivity contribution in [2.45, 2.75) is 41.5 Å². The molecule has 0 aromatic heterocycles. The molecule has 0 heterocycles. The zero-order chi connectivity index (χ0) is 18.6. The normalized spacial score (nSPS) is 9.52. The monoisotopic (exact) mass is 528 g/mol. The van der Waals surface area contributed by atoms with Crippen LogP contribution in [0, 0.1) is 41.5 Å². The van der Waals surface area contributed by atoms with Gasteiger partial charge in [0.2, 0.25) is 0 Å². The first-order valence-electron chi connectivity index (χ1n) is 7.63. The van der Waals surface area contributed by atoms with Crippen LogP contribution in [0.5, 0.6) is 0 Å². The van der Waals surface area contributed by atoms with Gasteiger partial charge in [-0.15, -0.1) is 0 Å². The topological polar surface area (TPSA) is 80.3 Å². The average Bonchev–Trinajstić information content (AvgIpc) is 2.35. The second-order valence-electron chi connectivity index (χ2n) is 6.12. The molecule has 128 valence electrons. The molecular weight excluding hydrogens is 505 g/mol. The maximum absolute atomic E-state index is 10.6. The third kappa shape index (κ3) is 6.27. The van der Waals surface area contributed by atoms with Gasteiger partial charge >= 0.3 is 27.7 Å². The number of hydrogen-bond donors (Lipinski definition) is 0. The summed E-state index contributed by atoms with van der Waals surface area (Å²) < 4.78 is 0. The van der Waals surface area contributed by atoms with Crippen LogP contribution in [0.2, 0.25) is 0 Å². The SMILES string of the molecule is Cc1cc(C)c(C(=O)[O-])c(C)c1.Cc1cc(C)c(C(=O)[O-])c(C)c1.[Hg+2]. The molecule has 0 aliphatic heterocycles. The second-order valence-corrected chi connectivity index (χ2v) is 6.12. The van der Waals surface area contributed by atoms with E-state index in [4.69, 9.17) is 0 Å². The van der Waals surface area contributed by atoms with Gasteiger partial charge in [0.05, 0.1) is 11.9 Å². The third-order valence-electron chi connectivity index (χ3n) is 3.76.